The van der Waals surface area contributed by atoms with Crippen molar-refractivity contribution in [3.8, 4) is 11.4 Å². The molecule has 3 atom stereocenters. The van der Waals surface area contributed by atoms with Gasteiger partial charge in [-0.15, -0.1) is 0 Å². The van der Waals surface area contributed by atoms with Gasteiger partial charge in [0.1, 0.15) is 29.7 Å². The Balaban J connectivity index is 0.980. The van der Waals surface area contributed by atoms with Crippen molar-refractivity contribution in [2.45, 2.75) is 123 Å². The molecule has 7 rings (SSSR count). The molecule has 4 heterocycles. The summed E-state index contributed by atoms with van der Waals surface area (Å²) in [5, 5.41) is 27.7. The predicted octanol–water partition coefficient (Wildman–Crippen LogP) is 1.88. The number of cyclic esters (lactones) is 1. The van der Waals surface area contributed by atoms with E-state index in [2.05, 4.69) is 31.9 Å². The molecule has 0 radical (unpaired) electrons. The Morgan fingerprint density at radius 2 is 1.55 bits per heavy atom. The number of amides is 6. The van der Waals surface area contributed by atoms with Gasteiger partial charge in [0.05, 0.1) is 67.8 Å². The summed E-state index contributed by atoms with van der Waals surface area (Å²) in [5.74, 6) is -5.43. The van der Waals surface area contributed by atoms with Gasteiger partial charge in [0.2, 0.25) is 29.5 Å². The van der Waals surface area contributed by atoms with Gasteiger partial charge in [0.15, 0.2) is 5.60 Å². The van der Waals surface area contributed by atoms with Crippen LogP contribution in [0.4, 0.5) is 9.18 Å². The highest BCUT2D eigenvalue weighted by Gasteiger charge is 2.46. The van der Waals surface area contributed by atoms with Gasteiger partial charge in [-0.1, -0.05) is 37.3 Å². The summed E-state index contributed by atoms with van der Waals surface area (Å²) in [4.78, 5) is 125. The van der Waals surface area contributed by atoms with Gasteiger partial charge >= 0.3 is 18.0 Å². The van der Waals surface area contributed by atoms with Gasteiger partial charge in [-0.05, 0) is 96.0 Å². The molecule has 23 heteroatoms. The molecule has 2 aliphatic heterocycles. The Bertz CT molecular complexity index is 3080. The zero-order valence-corrected chi connectivity index (χ0v) is 44.5. The van der Waals surface area contributed by atoms with Crippen LogP contribution in [0.2, 0.25) is 0 Å². The Hall–Kier alpha value is -7.79. The van der Waals surface area contributed by atoms with E-state index in [1.165, 1.54) is 15.5 Å². The lowest BCUT2D eigenvalue weighted by Crippen LogP contribution is -2.52. The van der Waals surface area contributed by atoms with Crippen molar-refractivity contribution in [3.05, 3.63) is 97.6 Å². The second-order valence-corrected chi connectivity index (χ2v) is 21.3. The molecule has 3 aliphatic rings. The third-order valence-electron chi connectivity index (χ3n) is 13.2. The summed E-state index contributed by atoms with van der Waals surface area (Å²) in [7, 11) is 0. The monoisotopic (exact) mass is 1070 g/mol. The van der Waals surface area contributed by atoms with Gasteiger partial charge in [-0.3, -0.25) is 38.5 Å². The van der Waals surface area contributed by atoms with E-state index in [9.17, 15) is 48.3 Å². The number of halogens is 1. The van der Waals surface area contributed by atoms with E-state index in [0.29, 0.717) is 57.4 Å². The minimum Gasteiger partial charge on any atom is -0.459 e. The minimum absolute atomic E-state index is 0.00682. The molecule has 77 heavy (non-hydrogen) atoms. The van der Waals surface area contributed by atoms with Crippen molar-refractivity contribution < 1.29 is 62.1 Å². The summed E-state index contributed by atoms with van der Waals surface area (Å²) >= 11 is 0. The van der Waals surface area contributed by atoms with Crippen molar-refractivity contribution in [3.63, 3.8) is 0 Å². The topological polar surface area (TPSA) is 295 Å². The number of nitrogens with zero attached hydrogens (tertiary/aromatic N) is 3. The number of aliphatic hydroxyl groups is 1. The van der Waals surface area contributed by atoms with Crippen LogP contribution in [0.3, 0.4) is 0 Å². The fraction of sp³-hybridized carbons (Fsp3) is 0.481. The molecule has 0 saturated carbocycles. The number of alkyl carbamates (subject to hydrolysis) is 1. The molecule has 4 aromatic rings. The maximum atomic E-state index is 15.5. The van der Waals surface area contributed by atoms with Crippen LogP contribution >= 0.6 is 0 Å². The molecule has 2 aromatic heterocycles. The third-order valence-corrected chi connectivity index (χ3v) is 13.2. The molecular formula is C54H66FN9O13. The first-order valence-electron chi connectivity index (χ1n) is 25.4. The number of pyridine rings is 2. The quantitative estimate of drug-likeness (QED) is 0.0459. The molecule has 0 bridgehead atoms. The average molecular weight is 1070 g/mol. The number of carbonyl (C=O) groups excluding carboxylic acids is 8. The summed E-state index contributed by atoms with van der Waals surface area (Å²) in [6, 6.07) is 9.72. The molecule has 22 nitrogen and oxygen atoms in total. The molecule has 0 unspecified atom stereocenters. The molecule has 2 aromatic carbocycles. The fourth-order valence-electron chi connectivity index (χ4n) is 9.62. The first-order chi connectivity index (χ1) is 36.2. The van der Waals surface area contributed by atoms with E-state index >= 15 is 4.39 Å². The van der Waals surface area contributed by atoms with Gasteiger partial charge in [0.25, 0.3) is 5.56 Å². The highest BCUT2D eigenvalue weighted by atomic mass is 19.1. The lowest BCUT2D eigenvalue weighted by atomic mass is 9.81. The fourth-order valence-corrected chi connectivity index (χ4v) is 9.62. The number of fused-ring (bicyclic) bond motifs is 5. The SMILES string of the molecule is CC[C@@]1(O)C(=O)OCc2c1cc1n(c2=O)Cc2c-1nc1cc(F)c(C)c3c1c2[C@@H](NC(=O)CNC(=O)[C@H](Cc1ccccc1)NC(=O)CNC(=O)CNC(=O)CN(CCNC(=O)OC(C)(C)C)CC(=O)OC(C)(C)C)CC3. The summed E-state index contributed by atoms with van der Waals surface area (Å²) < 4.78 is 32.8. The van der Waals surface area contributed by atoms with Crippen LogP contribution in [0.5, 0.6) is 0 Å². The zero-order valence-electron chi connectivity index (χ0n) is 44.5. The lowest BCUT2D eigenvalue weighted by Gasteiger charge is -2.31. The van der Waals surface area contributed by atoms with E-state index in [0.717, 1.165) is 0 Å². The number of aromatic nitrogens is 2. The molecule has 7 N–H and O–H groups in total. The standard InChI is InChI=1S/C54H66FN9O13/c1-9-54(74)34-20-39-47-32(25-64(39)49(71)33(34)28-75-50(54)72)46-36(16-15-31-29(2)35(55)21-37(62-47)45(31)46)60-42(67)24-59-48(70)38(19-30-13-11-10-12-14-30)61-41(66)23-57-40(65)22-58-43(68)26-63(27-44(69)76-52(3,4)5)18-17-56-51(73)77-53(6,7)8/h10-14,20-21,36,38,74H,9,15-19,22-28H2,1-8H3,(H,56,73)(H,57,65)(H,58,68)(H,59,70)(H,60,67)(H,61,66)/t36-,38-,54-/m0/s1. The number of ether oxygens (including phenoxy) is 3. The number of hydrogen-bond donors (Lipinski definition) is 7. The minimum atomic E-state index is -2.07. The molecular weight excluding hydrogens is 1000 g/mol. The van der Waals surface area contributed by atoms with E-state index in [1.807, 2.05) is 0 Å². The number of rotatable bonds is 19. The Kier molecular flexibility index (Phi) is 17.2. The van der Waals surface area contributed by atoms with E-state index in [-0.39, 0.29) is 68.8 Å². The van der Waals surface area contributed by atoms with Crippen molar-refractivity contribution >= 4 is 58.5 Å². The van der Waals surface area contributed by atoms with Crippen LogP contribution in [0.15, 0.2) is 47.3 Å². The second-order valence-electron chi connectivity index (χ2n) is 21.3. The molecule has 0 fully saturated rings. The summed E-state index contributed by atoms with van der Waals surface area (Å²) in [5.41, 5.74) is 0.0738. The third kappa shape index (κ3) is 13.6. The largest absolute Gasteiger partial charge is 0.459 e. The second kappa shape index (κ2) is 23.2. The summed E-state index contributed by atoms with van der Waals surface area (Å²) in [6.07, 6.45) is -0.0473. The van der Waals surface area contributed by atoms with Crippen LogP contribution in [0, 0.1) is 12.7 Å². The summed E-state index contributed by atoms with van der Waals surface area (Å²) in [6.45, 7) is 10.9. The van der Waals surface area contributed by atoms with Crippen molar-refractivity contribution in [1.29, 1.82) is 0 Å². The van der Waals surface area contributed by atoms with Crippen LogP contribution in [0.25, 0.3) is 22.3 Å². The molecule has 0 saturated heterocycles. The van der Waals surface area contributed by atoms with E-state index in [1.54, 1.807) is 91.8 Å². The number of esters is 2. The van der Waals surface area contributed by atoms with E-state index in [4.69, 9.17) is 19.2 Å². The highest BCUT2D eigenvalue weighted by Crippen LogP contribution is 2.46. The molecule has 412 valence electrons. The van der Waals surface area contributed by atoms with Crippen molar-refractivity contribution in [2.24, 2.45) is 0 Å². The Morgan fingerprint density at radius 1 is 0.870 bits per heavy atom. The number of benzene rings is 2. The Labute approximate surface area is 443 Å². The average Bonchev–Trinajstić information content (AvgIpc) is 3.80. The van der Waals surface area contributed by atoms with Gasteiger partial charge < -0.3 is 55.8 Å². The maximum absolute atomic E-state index is 15.5. The normalized spacial score (nSPS) is 16.7. The highest BCUT2D eigenvalue weighted by molar-refractivity contribution is 5.95. The number of hydrogen-bond acceptors (Lipinski definition) is 15. The van der Waals surface area contributed by atoms with Crippen LogP contribution in [-0.4, -0.2) is 130 Å². The smallest absolute Gasteiger partial charge is 0.407 e. The van der Waals surface area contributed by atoms with E-state index < -0.39 is 107 Å². The van der Waals surface area contributed by atoms with Gasteiger partial charge in [0, 0.05) is 42.1 Å². The van der Waals surface area contributed by atoms with Crippen LogP contribution < -0.4 is 37.5 Å². The maximum Gasteiger partial charge on any atom is 0.407 e. The number of carbonyl (C=O) groups is 8. The van der Waals surface area contributed by atoms with Gasteiger partial charge in [-0.2, -0.15) is 0 Å². The first kappa shape index (κ1) is 56.9. The molecule has 1 aliphatic carbocycles. The lowest BCUT2D eigenvalue weighted by molar-refractivity contribution is -0.172. The Morgan fingerprint density at radius 3 is 2.23 bits per heavy atom. The van der Waals surface area contributed by atoms with Gasteiger partial charge in [-0.25, -0.2) is 19.0 Å². The predicted molar refractivity (Wildman–Crippen MR) is 276 cm³/mol. The zero-order chi connectivity index (χ0) is 56.1. The first-order valence-corrected chi connectivity index (χ1v) is 25.4. The van der Waals surface area contributed by atoms with Crippen molar-refractivity contribution in [2.75, 3.05) is 45.8 Å². The van der Waals surface area contributed by atoms with Crippen molar-refractivity contribution in [1.82, 2.24) is 46.4 Å². The number of nitrogens with one attached hydrogen (secondary N) is 6. The van der Waals surface area contributed by atoms with Crippen LogP contribution in [-0.2, 0) is 79.4 Å². The number of aryl methyl sites for hydroxylation is 1. The molecule has 6 amide bonds. The van der Waals surface area contributed by atoms with Crippen LogP contribution in [0.1, 0.15) is 106 Å². The molecule has 0 spiro atoms.